The van der Waals surface area contributed by atoms with Gasteiger partial charge >= 0.3 is 0 Å². The molecule has 0 heterocycles. The summed E-state index contributed by atoms with van der Waals surface area (Å²) in [5.41, 5.74) is 2.54. The van der Waals surface area contributed by atoms with Crippen molar-refractivity contribution in [2.45, 2.75) is 46.1 Å². The van der Waals surface area contributed by atoms with Crippen LogP contribution in [0.25, 0.3) is 0 Å². The molecular formula is C15H22BrN. The number of nitrogens with one attached hydrogen (secondary N) is 1. The van der Waals surface area contributed by atoms with Crippen molar-refractivity contribution in [3.63, 3.8) is 0 Å². The van der Waals surface area contributed by atoms with Crippen molar-refractivity contribution in [3.8, 4) is 0 Å². The molecular weight excluding hydrogens is 274 g/mol. The van der Waals surface area contributed by atoms with Crippen LogP contribution in [-0.4, -0.2) is 6.04 Å². The van der Waals surface area contributed by atoms with Crippen molar-refractivity contribution >= 4 is 21.6 Å². The average molecular weight is 296 g/mol. The van der Waals surface area contributed by atoms with E-state index in [0.717, 1.165) is 11.8 Å². The minimum atomic E-state index is 0.623. The van der Waals surface area contributed by atoms with Crippen LogP contribution < -0.4 is 5.32 Å². The molecule has 0 radical (unpaired) electrons. The second-order valence-electron chi connectivity index (χ2n) is 5.50. The van der Waals surface area contributed by atoms with Crippen molar-refractivity contribution in [2.75, 3.05) is 5.32 Å². The molecule has 1 aliphatic carbocycles. The molecule has 17 heavy (non-hydrogen) atoms. The largest absolute Gasteiger partial charge is 0.381 e. The Kier molecular flexibility index (Phi) is 4.13. The van der Waals surface area contributed by atoms with Crippen LogP contribution in [-0.2, 0) is 0 Å². The smallest absolute Gasteiger partial charge is 0.0487 e. The SMILES string of the molecule is Cc1ccc(NC2CCCC(C)C2C)c(Br)c1. The third kappa shape index (κ3) is 3.04. The molecule has 1 aliphatic rings. The number of hydrogen-bond donors (Lipinski definition) is 1. The highest BCUT2D eigenvalue weighted by atomic mass is 79.9. The maximum atomic E-state index is 3.71. The zero-order valence-electron chi connectivity index (χ0n) is 11.0. The van der Waals surface area contributed by atoms with Crippen LogP contribution in [0.15, 0.2) is 22.7 Å². The minimum absolute atomic E-state index is 0.623. The second-order valence-corrected chi connectivity index (χ2v) is 6.36. The first kappa shape index (κ1) is 12.9. The zero-order valence-corrected chi connectivity index (χ0v) is 12.5. The quantitative estimate of drug-likeness (QED) is 0.810. The van der Waals surface area contributed by atoms with Gasteiger partial charge in [0.15, 0.2) is 0 Å². The van der Waals surface area contributed by atoms with Gasteiger partial charge in [-0.25, -0.2) is 0 Å². The molecule has 0 saturated heterocycles. The summed E-state index contributed by atoms with van der Waals surface area (Å²) < 4.78 is 1.18. The van der Waals surface area contributed by atoms with Crippen LogP contribution in [0.4, 0.5) is 5.69 Å². The summed E-state index contributed by atoms with van der Waals surface area (Å²) in [6.07, 6.45) is 4.03. The molecule has 1 aromatic rings. The van der Waals surface area contributed by atoms with E-state index >= 15 is 0 Å². The fraction of sp³-hybridized carbons (Fsp3) is 0.600. The molecule has 0 amide bonds. The standard InChI is InChI=1S/C15H22BrN/c1-10-7-8-15(13(16)9-10)17-14-6-4-5-11(2)12(14)3/h7-9,11-12,14,17H,4-6H2,1-3H3. The maximum Gasteiger partial charge on any atom is 0.0487 e. The summed E-state index contributed by atoms with van der Waals surface area (Å²) in [4.78, 5) is 0. The van der Waals surface area contributed by atoms with E-state index in [2.05, 4.69) is 60.2 Å². The summed E-state index contributed by atoms with van der Waals surface area (Å²) >= 11 is 3.65. The van der Waals surface area contributed by atoms with E-state index in [1.807, 2.05) is 0 Å². The Morgan fingerprint density at radius 1 is 1.24 bits per heavy atom. The number of benzene rings is 1. The van der Waals surface area contributed by atoms with Crippen molar-refractivity contribution in [2.24, 2.45) is 11.8 Å². The molecule has 0 aliphatic heterocycles. The van der Waals surface area contributed by atoms with E-state index in [4.69, 9.17) is 0 Å². The Hall–Kier alpha value is -0.500. The highest BCUT2D eigenvalue weighted by molar-refractivity contribution is 9.10. The van der Waals surface area contributed by atoms with Gasteiger partial charge in [-0.15, -0.1) is 0 Å². The zero-order chi connectivity index (χ0) is 12.4. The minimum Gasteiger partial charge on any atom is -0.381 e. The summed E-state index contributed by atoms with van der Waals surface area (Å²) in [6.45, 7) is 6.88. The number of hydrogen-bond acceptors (Lipinski definition) is 1. The van der Waals surface area contributed by atoms with E-state index in [0.29, 0.717) is 6.04 Å². The van der Waals surface area contributed by atoms with Crippen LogP contribution in [0.1, 0.15) is 38.7 Å². The molecule has 1 aromatic carbocycles. The first-order valence-electron chi connectivity index (χ1n) is 6.60. The molecule has 2 rings (SSSR count). The summed E-state index contributed by atoms with van der Waals surface area (Å²) in [5, 5.41) is 3.71. The van der Waals surface area contributed by atoms with E-state index in [1.54, 1.807) is 0 Å². The van der Waals surface area contributed by atoms with Gasteiger partial charge in [0.05, 0.1) is 0 Å². The van der Waals surface area contributed by atoms with Gasteiger partial charge < -0.3 is 5.32 Å². The molecule has 1 N–H and O–H groups in total. The van der Waals surface area contributed by atoms with Gasteiger partial charge in [-0.3, -0.25) is 0 Å². The average Bonchev–Trinajstić information content (AvgIpc) is 2.28. The summed E-state index contributed by atoms with van der Waals surface area (Å²) in [5.74, 6) is 1.60. The van der Waals surface area contributed by atoms with Crippen LogP contribution in [0.2, 0.25) is 0 Å². The Bertz CT molecular complexity index is 389. The predicted octanol–water partition coefficient (Wildman–Crippen LogP) is 4.99. The Morgan fingerprint density at radius 3 is 2.71 bits per heavy atom. The molecule has 0 aromatic heterocycles. The lowest BCUT2D eigenvalue weighted by atomic mass is 9.78. The van der Waals surface area contributed by atoms with Gasteiger partial charge in [0, 0.05) is 16.2 Å². The fourth-order valence-electron chi connectivity index (χ4n) is 2.72. The Morgan fingerprint density at radius 2 is 2.00 bits per heavy atom. The normalized spacial score (nSPS) is 29.1. The topological polar surface area (TPSA) is 12.0 Å². The number of rotatable bonds is 2. The van der Waals surface area contributed by atoms with E-state index in [1.165, 1.54) is 35.0 Å². The van der Waals surface area contributed by atoms with Gasteiger partial charge in [0.25, 0.3) is 0 Å². The predicted molar refractivity (Wildman–Crippen MR) is 78.5 cm³/mol. The lowest BCUT2D eigenvalue weighted by Crippen LogP contribution is -2.35. The Balaban J connectivity index is 2.09. The highest BCUT2D eigenvalue weighted by Crippen LogP contribution is 2.33. The molecule has 0 bridgehead atoms. The Labute approximate surface area is 113 Å². The monoisotopic (exact) mass is 295 g/mol. The molecule has 1 nitrogen and oxygen atoms in total. The molecule has 3 atom stereocenters. The number of aryl methyl sites for hydroxylation is 1. The molecule has 1 fully saturated rings. The van der Waals surface area contributed by atoms with Crippen molar-refractivity contribution < 1.29 is 0 Å². The number of anilines is 1. The maximum absolute atomic E-state index is 3.71. The van der Waals surface area contributed by atoms with Crippen molar-refractivity contribution in [1.82, 2.24) is 0 Å². The molecule has 3 unspecified atom stereocenters. The first-order chi connectivity index (χ1) is 8.08. The van der Waals surface area contributed by atoms with Crippen LogP contribution in [0.3, 0.4) is 0 Å². The first-order valence-corrected chi connectivity index (χ1v) is 7.40. The lowest BCUT2D eigenvalue weighted by molar-refractivity contribution is 0.253. The van der Waals surface area contributed by atoms with E-state index in [-0.39, 0.29) is 0 Å². The van der Waals surface area contributed by atoms with Gasteiger partial charge in [-0.1, -0.05) is 32.8 Å². The van der Waals surface area contributed by atoms with Gasteiger partial charge in [-0.2, -0.15) is 0 Å². The van der Waals surface area contributed by atoms with Crippen LogP contribution >= 0.6 is 15.9 Å². The summed E-state index contributed by atoms with van der Waals surface area (Å²) in [7, 11) is 0. The second kappa shape index (κ2) is 5.43. The van der Waals surface area contributed by atoms with Gasteiger partial charge in [0.2, 0.25) is 0 Å². The van der Waals surface area contributed by atoms with E-state index < -0.39 is 0 Å². The van der Waals surface area contributed by atoms with Gasteiger partial charge in [-0.05, 0) is 58.8 Å². The highest BCUT2D eigenvalue weighted by Gasteiger charge is 2.27. The summed E-state index contributed by atoms with van der Waals surface area (Å²) in [6, 6.07) is 7.16. The molecule has 2 heteroatoms. The third-order valence-electron chi connectivity index (χ3n) is 4.17. The lowest BCUT2D eigenvalue weighted by Gasteiger charge is -2.35. The molecule has 1 saturated carbocycles. The third-order valence-corrected chi connectivity index (χ3v) is 4.83. The fourth-order valence-corrected chi connectivity index (χ4v) is 3.33. The van der Waals surface area contributed by atoms with E-state index in [9.17, 15) is 0 Å². The van der Waals surface area contributed by atoms with Gasteiger partial charge in [0.1, 0.15) is 0 Å². The van der Waals surface area contributed by atoms with Crippen molar-refractivity contribution in [1.29, 1.82) is 0 Å². The number of halogens is 1. The van der Waals surface area contributed by atoms with Crippen molar-refractivity contribution in [3.05, 3.63) is 28.2 Å². The van der Waals surface area contributed by atoms with Crippen LogP contribution in [0, 0.1) is 18.8 Å². The molecule has 94 valence electrons. The van der Waals surface area contributed by atoms with Crippen LogP contribution in [0.5, 0.6) is 0 Å². The molecule has 0 spiro atoms.